The molecule has 17 heavy (non-hydrogen) atoms. The van der Waals surface area contributed by atoms with Crippen LogP contribution in [-0.4, -0.2) is 40.4 Å². The number of hydrogen-bond donors (Lipinski definition) is 1. The Hall–Kier alpha value is -0.900. The van der Waals surface area contributed by atoms with Crippen LogP contribution in [0.1, 0.15) is 41.0 Å². The molecule has 0 spiro atoms. The molecular weight excluding hydrogens is 218 g/mol. The van der Waals surface area contributed by atoms with Crippen molar-refractivity contribution in [3.05, 3.63) is 0 Å². The average Bonchev–Trinajstić information content (AvgIpc) is 2.56. The van der Waals surface area contributed by atoms with Crippen molar-refractivity contribution in [3.8, 4) is 0 Å². The SMILES string of the molecule is CC(=O)C1C(C)CCN1C(=O)C(O)C(C)(C)C. The molecule has 4 nitrogen and oxygen atoms in total. The van der Waals surface area contributed by atoms with Crippen LogP contribution < -0.4 is 0 Å². The Morgan fingerprint density at radius 3 is 2.29 bits per heavy atom. The molecule has 0 aromatic carbocycles. The molecule has 3 atom stereocenters. The minimum absolute atomic E-state index is 0.00413. The van der Waals surface area contributed by atoms with Crippen LogP contribution in [0.5, 0.6) is 0 Å². The standard InChI is InChI=1S/C13H23NO3/c1-8-6-7-14(10(8)9(2)15)12(17)11(16)13(3,4)5/h8,10-11,16H,6-7H2,1-5H3. The maximum absolute atomic E-state index is 12.2. The lowest BCUT2D eigenvalue weighted by molar-refractivity contribution is -0.149. The average molecular weight is 241 g/mol. The number of rotatable bonds is 2. The highest BCUT2D eigenvalue weighted by atomic mass is 16.3. The number of Topliss-reactive ketones (excluding diaryl/α,β-unsaturated/α-hetero) is 1. The largest absolute Gasteiger partial charge is 0.383 e. The molecule has 0 aliphatic carbocycles. The summed E-state index contributed by atoms with van der Waals surface area (Å²) in [7, 11) is 0. The number of carbonyl (C=O) groups is 2. The molecule has 0 saturated carbocycles. The number of aliphatic hydroxyl groups is 1. The van der Waals surface area contributed by atoms with E-state index in [-0.39, 0.29) is 23.7 Å². The summed E-state index contributed by atoms with van der Waals surface area (Å²) >= 11 is 0. The number of ketones is 1. The van der Waals surface area contributed by atoms with Crippen LogP contribution in [0.25, 0.3) is 0 Å². The maximum Gasteiger partial charge on any atom is 0.252 e. The molecule has 1 aliphatic heterocycles. The zero-order valence-corrected chi connectivity index (χ0v) is 11.4. The molecule has 1 amide bonds. The zero-order valence-electron chi connectivity index (χ0n) is 11.4. The first-order chi connectivity index (χ1) is 7.66. The van der Waals surface area contributed by atoms with E-state index >= 15 is 0 Å². The molecule has 0 bridgehead atoms. The van der Waals surface area contributed by atoms with Gasteiger partial charge in [0.1, 0.15) is 6.10 Å². The topological polar surface area (TPSA) is 57.6 Å². The molecule has 1 saturated heterocycles. The van der Waals surface area contributed by atoms with Gasteiger partial charge in [0, 0.05) is 6.54 Å². The molecule has 4 heteroatoms. The van der Waals surface area contributed by atoms with Gasteiger partial charge in [-0.2, -0.15) is 0 Å². The van der Waals surface area contributed by atoms with Gasteiger partial charge in [-0.1, -0.05) is 27.7 Å². The normalized spacial score (nSPS) is 27.1. The molecule has 1 N–H and O–H groups in total. The fourth-order valence-electron chi connectivity index (χ4n) is 2.34. The van der Waals surface area contributed by atoms with Gasteiger partial charge in [-0.15, -0.1) is 0 Å². The van der Waals surface area contributed by atoms with Crippen LogP contribution in [0.4, 0.5) is 0 Å². The first kappa shape index (κ1) is 14.2. The summed E-state index contributed by atoms with van der Waals surface area (Å²) in [6.07, 6.45) is -0.220. The Labute approximate surface area is 103 Å². The fraction of sp³-hybridized carbons (Fsp3) is 0.846. The summed E-state index contributed by atoms with van der Waals surface area (Å²) in [5.74, 6) is -0.130. The number of amides is 1. The van der Waals surface area contributed by atoms with Crippen molar-refractivity contribution in [2.24, 2.45) is 11.3 Å². The van der Waals surface area contributed by atoms with Crippen LogP contribution >= 0.6 is 0 Å². The van der Waals surface area contributed by atoms with Gasteiger partial charge in [-0.3, -0.25) is 9.59 Å². The molecule has 1 aliphatic rings. The number of carbonyl (C=O) groups excluding carboxylic acids is 2. The predicted molar refractivity (Wildman–Crippen MR) is 65.4 cm³/mol. The van der Waals surface area contributed by atoms with Crippen molar-refractivity contribution in [2.45, 2.75) is 53.2 Å². The van der Waals surface area contributed by atoms with E-state index in [0.29, 0.717) is 6.54 Å². The van der Waals surface area contributed by atoms with Crippen molar-refractivity contribution in [1.82, 2.24) is 4.90 Å². The molecule has 1 fully saturated rings. The van der Waals surface area contributed by atoms with E-state index in [1.54, 1.807) is 4.90 Å². The smallest absolute Gasteiger partial charge is 0.252 e. The van der Waals surface area contributed by atoms with E-state index in [9.17, 15) is 14.7 Å². The van der Waals surface area contributed by atoms with Crippen LogP contribution in [0.2, 0.25) is 0 Å². The van der Waals surface area contributed by atoms with Gasteiger partial charge in [-0.05, 0) is 24.7 Å². The van der Waals surface area contributed by atoms with E-state index in [1.807, 2.05) is 27.7 Å². The summed E-state index contributed by atoms with van der Waals surface area (Å²) in [4.78, 5) is 25.3. The predicted octanol–water partition coefficient (Wildman–Crippen LogP) is 1.22. The second kappa shape index (κ2) is 4.77. The molecule has 3 unspecified atom stereocenters. The molecular formula is C13H23NO3. The minimum atomic E-state index is -1.05. The molecule has 0 radical (unpaired) electrons. The lowest BCUT2D eigenvalue weighted by Gasteiger charge is -2.32. The van der Waals surface area contributed by atoms with E-state index in [2.05, 4.69) is 0 Å². The third kappa shape index (κ3) is 2.86. The molecule has 98 valence electrons. The second-order valence-corrected chi connectivity index (χ2v) is 6.12. The lowest BCUT2D eigenvalue weighted by atomic mass is 9.88. The minimum Gasteiger partial charge on any atom is -0.383 e. The third-order valence-corrected chi connectivity index (χ3v) is 3.45. The Balaban J connectivity index is 2.86. The Morgan fingerprint density at radius 1 is 1.35 bits per heavy atom. The molecule has 0 aromatic rings. The Morgan fingerprint density at radius 2 is 1.88 bits per heavy atom. The summed E-state index contributed by atoms with van der Waals surface area (Å²) in [6.45, 7) is 9.50. The second-order valence-electron chi connectivity index (χ2n) is 6.12. The molecule has 0 aromatic heterocycles. The van der Waals surface area contributed by atoms with Crippen molar-refractivity contribution in [3.63, 3.8) is 0 Å². The van der Waals surface area contributed by atoms with Crippen LogP contribution in [0.3, 0.4) is 0 Å². The number of aliphatic hydroxyl groups excluding tert-OH is 1. The van der Waals surface area contributed by atoms with Crippen LogP contribution in [0, 0.1) is 11.3 Å². The highest BCUT2D eigenvalue weighted by molar-refractivity contribution is 5.90. The third-order valence-electron chi connectivity index (χ3n) is 3.45. The van der Waals surface area contributed by atoms with E-state index in [4.69, 9.17) is 0 Å². The van der Waals surface area contributed by atoms with Gasteiger partial charge < -0.3 is 10.0 Å². The van der Waals surface area contributed by atoms with Crippen molar-refractivity contribution in [1.29, 1.82) is 0 Å². The lowest BCUT2D eigenvalue weighted by Crippen LogP contribution is -2.50. The van der Waals surface area contributed by atoms with Crippen molar-refractivity contribution in [2.75, 3.05) is 6.54 Å². The van der Waals surface area contributed by atoms with Crippen LogP contribution in [0.15, 0.2) is 0 Å². The zero-order chi connectivity index (χ0) is 13.4. The number of hydrogen-bond acceptors (Lipinski definition) is 3. The van der Waals surface area contributed by atoms with Gasteiger partial charge in [0.15, 0.2) is 5.78 Å². The summed E-state index contributed by atoms with van der Waals surface area (Å²) in [6, 6.07) is -0.362. The van der Waals surface area contributed by atoms with E-state index in [1.165, 1.54) is 6.92 Å². The highest BCUT2D eigenvalue weighted by Gasteiger charge is 2.42. The van der Waals surface area contributed by atoms with Crippen LogP contribution in [-0.2, 0) is 9.59 Å². The highest BCUT2D eigenvalue weighted by Crippen LogP contribution is 2.28. The van der Waals surface area contributed by atoms with Crippen molar-refractivity contribution < 1.29 is 14.7 Å². The summed E-state index contributed by atoms with van der Waals surface area (Å²) in [5.41, 5.74) is -0.496. The van der Waals surface area contributed by atoms with Gasteiger partial charge in [0.05, 0.1) is 6.04 Å². The quantitative estimate of drug-likeness (QED) is 0.791. The first-order valence-corrected chi connectivity index (χ1v) is 6.15. The molecule has 1 heterocycles. The monoisotopic (exact) mass is 241 g/mol. The Bertz CT molecular complexity index is 319. The maximum atomic E-state index is 12.2. The first-order valence-electron chi connectivity index (χ1n) is 6.15. The van der Waals surface area contributed by atoms with Gasteiger partial charge in [0.25, 0.3) is 5.91 Å². The fourth-order valence-corrected chi connectivity index (χ4v) is 2.34. The molecule has 1 rings (SSSR count). The number of nitrogens with zero attached hydrogens (tertiary/aromatic N) is 1. The van der Waals surface area contributed by atoms with E-state index < -0.39 is 11.5 Å². The Kier molecular flexibility index (Phi) is 3.97. The van der Waals surface area contributed by atoms with Gasteiger partial charge >= 0.3 is 0 Å². The van der Waals surface area contributed by atoms with Crippen molar-refractivity contribution >= 4 is 11.7 Å². The summed E-state index contributed by atoms with van der Waals surface area (Å²) in [5, 5.41) is 10.00. The number of likely N-dealkylation sites (tertiary alicyclic amines) is 1. The van der Waals surface area contributed by atoms with Gasteiger partial charge in [0.2, 0.25) is 0 Å². The van der Waals surface area contributed by atoms with E-state index in [0.717, 1.165) is 6.42 Å². The summed E-state index contributed by atoms with van der Waals surface area (Å²) < 4.78 is 0. The van der Waals surface area contributed by atoms with Gasteiger partial charge in [-0.25, -0.2) is 0 Å².